The summed E-state index contributed by atoms with van der Waals surface area (Å²) in [5, 5.41) is 9.17. The van der Waals surface area contributed by atoms with Gasteiger partial charge in [0, 0.05) is 67.2 Å². The Labute approximate surface area is 224 Å². The molecular weight excluding hydrogens is 518 g/mol. The summed E-state index contributed by atoms with van der Waals surface area (Å²) in [6.07, 6.45) is -5.86. The average Bonchev–Trinajstić information content (AvgIpc) is 3.14. The normalized spacial score (nSPS) is 25.5. The van der Waals surface area contributed by atoms with Gasteiger partial charge in [-0.05, 0) is 18.1 Å². The first-order valence-corrected chi connectivity index (χ1v) is 13.2. The molecular formula is C29H34F4NO5+. The van der Waals surface area contributed by atoms with Crippen LogP contribution in [0.15, 0.2) is 18.2 Å². The van der Waals surface area contributed by atoms with Crippen molar-refractivity contribution in [3.05, 3.63) is 63.2 Å². The zero-order valence-corrected chi connectivity index (χ0v) is 22.7. The molecule has 39 heavy (non-hydrogen) atoms. The maximum absolute atomic E-state index is 15.4. The lowest BCUT2D eigenvalue weighted by atomic mass is 9.68. The Morgan fingerprint density at radius 1 is 1.18 bits per heavy atom. The lowest BCUT2D eigenvalue weighted by Crippen LogP contribution is -2.39. The number of benzene rings is 1. The first-order chi connectivity index (χ1) is 18.2. The van der Waals surface area contributed by atoms with Gasteiger partial charge >= 0.3 is 12.1 Å². The molecule has 2 aliphatic heterocycles. The quantitative estimate of drug-likeness (QED) is 0.254. The smallest absolute Gasteiger partial charge is 0.416 e. The molecule has 2 N–H and O–H groups in total. The molecule has 6 nitrogen and oxygen atoms in total. The number of carbonyl (C=O) groups excluding carboxylic acids is 1. The maximum atomic E-state index is 15.4. The Balaban J connectivity index is 1.81. The van der Waals surface area contributed by atoms with E-state index in [1.165, 1.54) is 6.92 Å². The molecule has 212 valence electrons. The Bertz CT molecular complexity index is 1300. The van der Waals surface area contributed by atoms with Crippen LogP contribution in [0.25, 0.3) is 0 Å². The minimum absolute atomic E-state index is 0.00882. The second-order valence-electron chi connectivity index (χ2n) is 11.8. The van der Waals surface area contributed by atoms with Gasteiger partial charge in [0.1, 0.15) is 18.0 Å². The van der Waals surface area contributed by atoms with Crippen LogP contribution in [0, 0.1) is 11.2 Å². The Morgan fingerprint density at radius 2 is 1.85 bits per heavy atom. The van der Waals surface area contributed by atoms with Crippen LogP contribution < -0.4 is 0 Å². The van der Waals surface area contributed by atoms with E-state index in [1.807, 2.05) is 27.7 Å². The molecule has 10 heteroatoms. The Hall–Kier alpha value is -2.56. The van der Waals surface area contributed by atoms with Crippen molar-refractivity contribution in [2.24, 2.45) is 5.41 Å². The summed E-state index contributed by atoms with van der Waals surface area (Å²) in [5.41, 5.74) is 0.452. The molecule has 0 radical (unpaired) electrons. The molecule has 1 fully saturated rings. The predicted octanol–water partition coefficient (Wildman–Crippen LogP) is 6.29. The van der Waals surface area contributed by atoms with Crippen molar-refractivity contribution >= 4 is 5.97 Å². The summed E-state index contributed by atoms with van der Waals surface area (Å²) >= 11 is 0. The van der Waals surface area contributed by atoms with Crippen LogP contribution in [-0.2, 0) is 30.8 Å². The summed E-state index contributed by atoms with van der Waals surface area (Å²) in [7, 11) is 0. The highest BCUT2D eigenvalue weighted by Crippen LogP contribution is 2.60. The molecule has 1 aromatic heterocycles. The third kappa shape index (κ3) is 4.64. The summed E-state index contributed by atoms with van der Waals surface area (Å²) in [4.78, 5) is 17.1. The second kappa shape index (κ2) is 9.52. The van der Waals surface area contributed by atoms with Crippen LogP contribution in [0.5, 0.6) is 0 Å². The number of hydrogen-bond donors (Lipinski definition) is 0. The standard InChI is InChI=1S/C29H33F4NO5/c1-14(2)23-21-22(20-19(36)13-27(4,5)26(24(20)34-23)38-15(3)35)28(8-10-37-11-9-28)39-25(21)17-7-6-16(12-18(17)30)29(31,32)33/h6-7,12,14,19,25-26,36H,8-11,13H2,1-5H3/p+1/t19?,25-,26+/m1/s1. The highest BCUT2D eigenvalue weighted by Gasteiger charge is 2.56. The van der Waals surface area contributed by atoms with Crippen molar-refractivity contribution in [3.8, 4) is 0 Å². The molecule has 1 spiro atoms. The predicted molar refractivity (Wildman–Crippen MR) is 134 cm³/mol. The van der Waals surface area contributed by atoms with Gasteiger partial charge in [-0.2, -0.15) is 13.2 Å². The van der Waals surface area contributed by atoms with Crippen molar-refractivity contribution in [2.45, 2.75) is 89.9 Å². The van der Waals surface area contributed by atoms with Crippen LogP contribution in [-0.4, -0.2) is 29.3 Å². The monoisotopic (exact) mass is 552 g/mol. The first kappa shape index (κ1) is 28.0. The van der Waals surface area contributed by atoms with E-state index in [0.717, 1.165) is 17.7 Å². The zero-order chi connectivity index (χ0) is 28.5. The molecule has 0 saturated carbocycles. The van der Waals surface area contributed by atoms with Gasteiger partial charge < -0.3 is 19.3 Å². The highest BCUT2D eigenvalue weighted by atomic mass is 19.4. The molecule has 1 aliphatic carbocycles. The van der Waals surface area contributed by atoms with E-state index in [1.54, 1.807) is 0 Å². The van der Waals surface area contributed by atoms with E-state index >= 15 is 4.39 Å². The number of aromatic nitrogens is 1. The van der Waals surface area contributed by atoms with Crippen LogP contribution in [0.4, 0.5) is 17.6 Å². The van der Waals surface area contributed by atoms with Crippen LogP contribution in [0.3, 0.4) is 0 Å². The van der Waals surface area contributed by atoms with E-state index in [0.29, 0.717) is 61.1 Å². The van der Waals surface area contributed by atoms with E-state index in [-0.39, 0.29) is 11.5 Å². The fourth-order valence-electron chi connectivity index (χ4n) is 6.43. The average molecular weight is 553 g/mol. The number of esters is 1. The molecule has 1 unspecified atom stereocenters. The lowest BCUT2D eigenvalue weighted by molar-refractivity contribution is -0.157. The largest absolute Gasteiger partial charge is 0.455 e. The molecule has 0 bridgehead atoms. The van der Waals surface area contributed by atoms with Crippen molar-refractivity contribution in [3.63, 3.8) is 0 Å². The number of rotatable bonds is 3. The SMILES string of the molecule is CC(=O)O[C@H]1c2nc(C(C)C)c3c(c2C([OH2+])CC1(C)C)C1(CCOCC1)O[C@@H]3c1ccc(C(F)(F)F)cc1F. The van der Waals surface area contributed by atoms with Crippen molar-refractivity contribution in [1.29, 1.82) is 0 Å². The summed E-state index contributed by atoms with van der Waals surface area (Å²) in [5.74, 6) is -1.65. The fourth-order valence-corrected chi connectivity index (χ4v) is 6.43. The second-order valence-corrected chi connectivity index (χ2v) is 11.8. The molecule has 1 aromatic carbocycles. The summed E-state index contributed by atoms with van der Waals surface area (Å²) in [6, 6.07) is 2.50. The Kier molecular flexibility index (Phi) is 6.83. The third-order valence-corrected chi connectivity index (χ3v) is 8.17. The van der Waals surface area contributed by atoms with E-state index in [2.05, 4.69) is 0 Å². The molecule has 3 aliphatic rings. The van der Waals surface area contributed by atoms with Crippen molar-refractivity contribution < 1.29 is 41.7 Å². The van der Waals surface area contributed by atoms with Crippen LogP contribution in [0.1, 0.15) is 117 Å². The van der Waals surface area contributed by atoms with Gasteiger partial charge in [0.2, 0.25) is 0 Å². The van der Waals surface area contributed by atoms with Gasteiger partial charge in [-0.15, -0.1) is 0 Å². The Morgan fingerprint density at radius 3 is 2.41 bits per heavy atom. The van der Waals surface area contributed by atoms with Crippen molar-refractivity contribution in [2.75, 3.05) is 13.2 Å². The number of fused-ring (bicyclic) bond motifs is 4. The number of carbonyl (C=O) groups is 1. The number of pyridine rings is 1. The molecule has 3 atom stereocenters. The fraction of sp³-hybridized carbons (Fsp3) is 0.586. The minimum Gasteiger partial charge on any atom is -0.455 e. The number of halogens is 4. The molecule has 0 amide bonds. The number of alkyl halides is 3. The van der Waals surface area contributed by atoms with Gasteiger partial charge in [-0.1, -0.05) is 33.8 Å². The third-order valence-electron chi connectivity index (χ3n) is 8.17. The van der Waals surface area contributed by atoms with Gasteiger partial charge in [0.05, 0.1) is 22.4 Å². The van der Waals surface area contributed by atoms with Crippen molar-refractivity contribution in [1.82, 2.24) is 4.98 Å². The minimum atomic E-state index is -4.68. The first-order valence-electron chi connectivity index (χ1n) is 13.2. The lowest BCUT2D eigenvalue weighted by Gasteiger charge is -2.42. The maximum Gasteiger partial charge on any atom is 0.416 e. The number of ether oxygens (including phenoxy) is 3. The zero-order valence-electron chi connectivity index (χ0n) is 22.7. The van der Waals surface area contributed by atoms with Gasteiger partial charge in [-0.3, -0.25) is 9.78 Å². The molecule has 1 saturated heterocycles. The number of nitrogens with zero attached hydrogens (tertiary/aromatic N) is 1. The van der Waals surface area contributed by atoms with E-state index < -0.39 is 52.9 Å². The van der Waals surface area contributed by atoms with Gasteiger partial charge in [-0.25, -0.2) is 4.39 Å². The summed E-state index contributed by atoms with van der Waals surface area (Å²) in [6.45, 7) is 9.82. The van der Waals surface area contributed by atoms with E-state index in [4.69, 9.17) is 19.2 Å². The molecule has 3 heterocycles. The topological polar surface area (TPSA) is 80.5 Å². The van der Waals surface area contributed by atoms with Crippen LogP contribution >= 0.6 is 0 Å². The van der Waals surface area contributed by atoms with E-state index in [9.17, 15) is 23.1 Å². The molecule has 2 aromatic rings. The highest BCUT2D eigenvalue weighted by molar-refractivity contribution is 5.67. The van der Waals surface area contributed by atoms with Gasteiger partial charge in [0.25, 0.3) is 0 Å². The molecule has 5 rings (SSSR count). The number of hydrogen-bond acceptors (Lipinski definition) is 5. The van der Waals surface area contributed by atoms with Crippen LogP contribution in [0.2, 0.25) is 0 Å². The van der Waals surface area contributed by atoms with Gasteiger partial charge in [0.15, 0.2) is 6.10 Å². The summed E-state index contributed by atoms with van der Waals surface area (Å²) < 4.78 is 73.5.